The van der Waals surface area contributed by atoms with E-state index >= 15 is 0 Å². The van der Waals surface area contributed by atoms with E-state index in [1.807, 2.05) is 0 Å². The molecule has 0 fully saturated rings. The SMILES string of the molecule is CCCCCCCCCCCCCCCCCCCCCCC(=O)O[C@H](COC(=O)CCCCCCCCC(C)C)COP(=O)(O)OC[C@@H](O)COP(=O)(O)OC[C@@H](COC(=O)CCCCCCCCC)OC(=O)CCCCCCCCCC. The van der Waals surface area contributed by atoms with Gasteiger partial charge in [-0.1, -0.05) is 279 Å². The topological polar surface area (TPSA) is 237 Å². The summed E-state index contributed by atoms with van der Waals surface area (Å²) in [7, 11) is -9.88. The number of phosphoric ester groups is 2. The highest BCUT2D eigenvalue weighted by atomic mass is 31.2. The van der Waals surface area contributed by atoms with Crippen LogP contribution < -0.4 is 0 Å². The molecule has 5 atom stereocenters. The lowest BCUT2D eigenvalue weighted by molar-refractivity contribution is -0.161. The van der Waals surface area contributed by atoms with Gasteiger partial charge in [0.15, 0.2) is 12.2 Å². The van der Waals surface area contributed by atoms with Gasteiger partial charge in [-0.15, -0.1) is 0 Å². The molecule has 0 bridgehead atoms. The van der Waals surface area contributed by atoms with Gasteiger partial charge in [0.05, 0.1) is 26.4 Å². The number of ether oxygens (including phenoxy) is 4. The quantitative estimate of drug-likeness (QED) is 0.0222. The Hall–Kier alpha value is -1.94. The Bertz CT molecular complexity index is 1640. The van der Waals surface area contributed by atoms with E-state index in [9.17, 15) is 43.2 Å². The minimum atomic E-state index is -4.94. The van der Waals surface area contributed by atoms with Crippen LogP contribution in [0.2, 0.25) is 0 Å². The molecule has 0 aromatic heterocycles. The van der Waals surface area contributed by atoms with E-state index in [0.717, 1.165) is 116 Å². The monoisotopic (exact) mass is 1240 g/mol. The van der Waals surface area contributed by atoms with Crippen molar-refractivity contribution in [1.29, 1.82) is 0 Å². The number of aliphatic hydroxyl groups is 1. The van der Waals surface area contributed by atoms with Crippen molar-refractivity contribution >= 4 is 39.5 Å². The first-order valence-electron chi connectivity index (χ1n) is 34.1. The van der Waals surface area contributed by atoms with Crippen molar-refractivity contribution in [1.82, 2.24) is 0 Å². The van der Waals surface area contributed by atoms with E-state index < -0.39 is 97.5 Å². The van der Waals surface area contributed by atoms with Gasteiger partial charge in [0, 0.05) is 25.7 Å². The lowest BCUT2D eigenvalue weighted by Crippen LogP contribution is -2.30. The Morgan fingerprint density at radius 3 is 0.810 bits per heavy atom. The summed E-state index contributed by atoms with van der Waals surface area (Å²) < 4.78 is 67.8. The second-order valence-corrected chi connectivity index (χ2v) is 26.9. The fraction of sp³-hybridized carbons (Fsp3) is 0.938. The van der Waals surface area contributed by atoms with Crippen LogP contribution in [0.5, 0.6) is 0 Å². The molecule has 19 heteroatoms. The molecule has 0 amide bonds. The molecule has 0 aliphatic carbocycles. The van der Waals surface area contributed by atoms with E-state index in [1.54, 1.807) is 0 Å². The molecular formula is C65H126O17P2. The van der Waals surface area contributed by atoms with Crippen molar-refractivity contribution in [2.45, 2.75) is 348 Å². The van der Waals surface area contributed by atoms with Crippen molar-refractivity contribution in [2.24, 2.45) is 5.92 Å². The van der Waals surface area contributed by atoms with Gasteiger partial charge in [-0.3, -0.25) is 37.3 Å². The molecule has 0 saturated carbocycles. The minimum absolute atomic E-state index is 0.104. The largest absolute Gasteiger partial charge is 0.472 e. The van der Waals surface area contributed by atoms with Gasteiger partial charge in [-0.25, -0.2) is 9.13 Å². The summed E-state index contributed by atoms with van der Waals surface area (Å²) in [4.78, 5) is 72.0. The average molecular weight is 1240 g/mol. The summed E-state index contributed by atoms with van der Waals surface area (Å²) in [6.45, 7) is 7.05. The van der Waals surface area contributed by atoms with Crippen molar-refractivity contribution in [3.05, 3.63) is 0 Å². The normalized spacial score (nSPS) is 14.2. The zero-order chi connectivity index (χ0) is 62.0. The number of phosphoric acid groups is 2. The lowest BCUT2D eigenvalue weighted by Gasteiger charge is -2.21. The zero-order valence-electron chi connectivity index (χ0n) is 54.0. The molecule has 0 aromatic rings. The summed E-state index contributed by atoms with van der Waals surface area (Å²) in [5, 5.41) is 10.5. The van der Waals surface area contributed by atoms with Gasteiger partial charge in [0.25, 0.3) is 0 Å². The number of unbranched alkanes of at least 4 members (excludes halogenated alkanes) is 37. The maximum absolute atomic E-state index is 13.0. The Morgan fingerprint density at radius 2 is 0.548 bits per heavy atom. The first kappa shape index (κ1) is 82.1. The van der Waals surface area contributed by atoms with Crippen LogP contribution in [0.15, 0.2) is 0 Å². The molecule has 0 radical (unpaired) electrons. The molecule has 0 saturated heterocycles. The van der Waals surface area contributed by atoms with Gasteiger partial charge in [0.2, 0.25) is 0 Å². The molecule has 0 spiro atoms. The zero-order valence-corrected chi connectivity index (χ0v) is 55.8. The van der Waals surface area contributed by atoms with E-state index in [-0.39, 0.29) is 25.7 Å². The number of carbonyl (C=O) groups is 4. The van der Waals surface area contributed by atoms with E-state index in [2.05, 4.69) is 34.6 Å². The lowest BCUT2D eigenvalue weighted by atomic mass is 10.0. The van der Waals surface area contributed by atoms with Crippen LogP contribution in [-0.2, 0) is 65.4 Å². The van der Waals surface area contributed by atoms with Gasteiger partial charge in [-0.2, -0.15) is 0 Å². The van der Waals surface area contributed by atoms with Crippen LogP contribution in [0.4, 0.5) is 0 Å². The molecule has 0 heterocycles. The standard InChI is InChI=1S/C65H126O17P2/c1-6-9-12-15-18-20-21-22-23-24-25-26-27-28-29-30-31-34-41-46-51-65(70)82-61(55-76-63(68)49-44-39-36-35-37-42-47-58(4)5)57-80-84(73,74)78-53-59(66)52-77-83(71,72)79-56-60(54-75-62(67)48-43-38-32-17-14-11-8-3)81-64(69)50-45-40-33-19-16-13-10-7-2/h58-61,66H,6-57H2,1-5H3,(H,71,72)(H,73,74)/t59-,60+,61+/m0/s1. The van der Waals surface area contributed by atoms with Crippen LogP contribution >= 0.6 is 15.6 Å². The molecular weight excluding hydrogens is 1110 g/mol. The molecule has 84 heavy (non-hydrogen) atoms. The highest BCUT2D eigenvalue weighted by molar-refractivity contribution is 7.47. The maximum atomic E-state index is 13.0. The van der Waals surface area contributed by atoms with Crippen molar-refractivity contribution < 1.29 is 80.2 Å². The van der Waals surface area contributed by atoms with Gasteiger partial charge in [-0.05, 0) is 31.6 Å². The van der Waals surface area contributed by atoms with E-state index in [1.165, 1.54) is 128 Å². The van der Waals surface area contributed by atoms with Crippen LogP contribution in [0.1, 0.15) is 330 Å². The maximum Gasteiger partial charge on any atom is 0.472 e. The second kappa shape index (κ2) is 58.7. The summed E-state index contributed by atoms with van der Waals surface area (Å²) in [6.07, 6.45) is 43.6. The number of hydrogen-bond acceptors (Lipinski definition) is 15. The second-order valence-electron chi connectivity index (χ2n) is 24.0. The molecule has 17 nitrogen and oxygen atoms in total. The number of rotatable bonds is 65. The molecule has 0 rings (SSSR count). The third-order valence-corrected chi connectivity index (χ3v) is 16.9. The average Bonchev–Trinajstić information content (AvgIpc) is 3.64. The predicted molar refractivity (Wildman–Crippen MR) is 335 cm³/mol. The smallest absolute Gasteiger partial charge is 0.462 e. The summed E-state index contributed by atoms with van der Waals surface area (Å²) in [5.41, 5.74) is 0. The number of esters is 4. The van der Waals surface area contributed by atoms with Crippen LogP contribution in [0.3, 0.4) is 0 Å². The minimum Gasteiger partial charge on any atom is -0.462 e. The molecule has 0 aliphatic heterocycles. The molecule has 498 valence electrons. The summed E-state index contributed by atoms with van der Waals surface area (Å²) >= 11 is 0. The number of hydrogen-bond donors (Lipinski definition) is 3. The van der Waals surface area contributed by atoms with Gasteiger partial charge >= 0.3 is 39.5 Å². The number of aliphatic hydroxyl groups excluding tert-OH is 1. The molecule has 2 unspecified atom stereocenters. The Labute approximate surface area is 511 Å². The first-order valence-corrected chi connectivity index (χ1v) is 37.1. The summed E-state index contributed by atoms with van der Waals surface area (Å²) in [5.74, 6) is -1.46. The van der Waals surface area contributed by atoms with E-state index in [4.69, 9.17) is 37.0 Å². The van der Waals surface area contributed by atoms with E-state index in [0.29, 0.717) is 31.6 Å². The highest BCUT2D eigenvalue weighted by Gasteiger charge is 2.30. The third-order valence-electron chi connectivity index (χ3n) is 15.0. The van der Waals surface area contributed by atoms with Gasteiger partial charge in [0.1, 0.15) is 19.3 Å². The first-order chi connectivity index (χ1) is 40.5. The fourth-order valence-corrected chi connectivity index (χ4v) is 11.3. The predicted octanol–water partition coefficient (Wildman–Crippen LogP) is 18.2. The van der Waals surface area contributed by atoms with Crippen molar-refractivity contribution in [3.8, 4) is 0 Å². The van der Waals surface area contributed by atoms with Crippen LogP contribution in [0, 0.1) is 5.92 Å². The molecule has 0 aliphatic rings. The summed E-state index contributed by atoms with van der Waals surface area (Å²) in [6, 6.07) is 0. The highest BCUT2D eigenvalue weighted by Crippen LogP contribution is 2.45. The van der Waals surface area contributed by atoms with Crippen molar-refractivity contribution in [3.63, 3.8) is 0 Å². The van der Waals surface area contributed by atoms with Crippen LogP contribution in [-0.4, -0.2) is 96.7 Å². The Balaban J connectivity index is 5.09. The molecule has 0 aromatic carbocycles. The van der Waals surface area contributed by atoms with Crippen molar-refractivity contribution in [2.75, 3.05) is 39.6 Å². The molecule has 3 N–H and O–H groups in total. The Morgan fingerprint density at radius 1 is 0.321 bits per heavy atom. The fourth-order valence-electron chi connectivity index (χ4n) is 9.76. The Kier molecular flexibility index (Phi) is 57.4. The number of carbonyl (C=O) groups excluding carboxylic acids is 4. The van der Waals surface area contributed by atoms with Crippen LogP contribution in [0.25, 0.3) is 0 Å². The third kappa shape index (κ3) is 59.0. The van der Waals surface area contributed by atoms with Gasteiger partial charge < -0.3 is 33.8 Å².